The van der Waals surface area contributed by atoms with E-state index in [1.165, 1.54) is 34.5 Å². The van der Waals surface area contributed by atoms with E-state index in [1.807, 2.05) is 0 Å². The molecule has 1 fully saturated rings. The highest BCUT2D eigenvalue weighted by atomic mass is 32.1. The second kappa shape index (κ2) is 11.0. The maximum absolute atomic E-state index is 13.6. The van der Waals surface area contributed by atoms with Crippen LogP contribution >= 0.6 is 11.3 Å². The summed E-state index contributed by atoms with van der Waals surface area (Å²) in [5.41, 5.74) is 0.683. The van der Waals surface area contributed by atoms with E-state index in [2.05, 4.69) is 4.98 Å². The number of esters is 1. The Kier molecular flexibility index (Phi) is 7.45. The Morgan fingerprint density at radius 2 is 1.66 bits per heavy atom. The lowest BCUT2D eigenvalue weighted by Crippen LogP contribution is -2.29. The zero-order valence-corrected chi connectivity index (χ0v) is 23.6. The van der Waals surface area contributed by atoms with E-state index in [0.717, 1.165) is 16.2 Å². The van der Waals surface area contributed by atoms with Crippen LogP contribution < -0.4 is 28.6 Å². The van der Waals surface area contributed by atoms with E-state index in [0.29, 0.717) is 41.7 Å². The van der Waals surface area contributed by atoms with Crippen molar-refractivity contribution < 1.29 is 47.9 Å². The molecule has 2 aromatic carbocycles. The van der Waals surface area contributed by atoms with Crippen molar-refractivity contribution in [3.8, 4) is 28.7 Å². The highest BCUT2D eigenvalue weighted by molar-refractivity contribution is 7.17. The topological polar surface area (TPSA) is 143 Å². The number of Topliss-reactive ketones (excluding diaryl/α,β-unsaturated/α-hetero) is 1. The van der Waals surface area contributed by atoms with E-state index >= 15 is 0 Å². The number of aromatic nitrogens is 1. The Labute approximate surface area is 238 Å². The average Bonchev–Trinajstić information content (AvgIpc) is 3.51. The van der Waals surface area contributed by atoms with Gasteiger partial charge in [-0.15, -0.1) is 0 Å². The number of carbonyl (C=O) groups excluding carboxylic acids is 3. The van der Waals surface area contributed by atoms with Crippen molar-refractivity contribution in [2.75, 3.05) is 46.6 Å². The summed E-state index contributed by atoms with van der Waals surface area (Å²) in [6, 6.07) is 6.67. The molecule has 0 saturated carbocycles. The standard InChI is InChI=1S/C28H26N2O10S/c1-13-25(27(34)38-5)41-28(29-13)30-21(15-11-18(35-2)24(37-4)19(12-15)36-3)20(23(32)26(30)33)22(31)14-6-7-16-17(10-14)40-9-8-39-16/h6-7,10-12,21,31H,8-9H2,1-5H3/b22-20+. The number of aliphatic hydroxyl groups excluding tert-OH is 1. The second-order valence-corrected chi connectivity index (χ2v) is 9.87. The number of fused-ring (bicyclic) bond motifs is 1. The monoisotopic (exact) mass is 582 g/mol. The van der Waals surface area contributed by atoms with Gasteiger partial charge in [0.05, 0.1) is 45.7 Å². The van der Waals surface area contributed by atoms with Crippen molar-refractivity contribution in [3.63, 3.8) is 0 Å². The van der Waals surface area contributed by atoms with Crippen molar-refractivity contribution in [2.45, 2.75) is 13.0 Å². The minimum atomic E-state index is -1.19. The number of hydrogen-bond donors (Lipinski definition) is 1. The van der Waals surface area contributed by atoms with Crippen LogP contribution in [0.3, 0.4) is 0 Å². The molecule has 0 radical (unpaired) electrons. The molecule has 1 unspecified atom stereocenters. The van der Waals surface area contributed by atoms with E-state index in [-0.39, 0.29) is 32.6 Å². The summed E-state index contributed by atoms with van der Waals surface area (Å²) >= 11 is 0.889. The number of benzene rings is 2. The first-order valence-electron chi connectivity index (χ1n) is 12.3. The largest absolute Gasteiger partial charge is 0.507 e. The Morgan fingerprint density at radius 1 is 1.00 bits per heavy atom. The van der Waals surface area contributed by atoms with Crippen LogP contribution in [0, 0.1) is 6.92 Å². The van der Waals surface area contributed by atoms with Crippen LogP contribution in [0.15, 0.2) is 35.9 Å². The minimum Gasteiger partial charge on any atom is -0.507 e. The quantitative estimate of drug-likeness (QED) is 0.189. The molecule has 3 heterocycles. The molecule has 0 spiro atoms. The number of aliphatic hydroxyl groups is 1. The molecule has 1 amide bonds. The highest BCUT2D eigenvalue weighted by Crippen LogP contribution is 2.48. The van der Waals surface area contributed by atoms with Gasteiger partial charge >= 0.3 is 11.9 Å². The first-order valence-corrected chi connectivity index (χ1v) is 13.1. The van der Waals surface area contributed by atoms with Crippen LogP contribution in [0.5, 0.6) is 28.7 Å². The van der Waals surface area contributed by atoms with Gasteiger partial charge in [-0.25, -0.2) is 9.78 Å². The number of aryl methyl sites for hydroxylation is 1. The van der Waals surface area contributed by atoms with Crippen molar-refractivity contribution in [3.05, 3.63) is 57.6 Å². The van der Waals surface area contributed by atoms with Gasteiger partial charge in [0, 0.05) is 5.56 Å². The van der Waals surface area contributed by atoms with Crippen LogP contribution in [-0.4, -0.2) is 69.4 Å². The second-order valence-electron chi connectivity index (χ2n) is 8.89. The predicted octanol–water partition coefficient (Wildman–Crippen LogP) is 3.66. The molecule has 1 atom stereocenters. The molecular weight excluding hydrogens is 556 g/mol. The van der Waals surface area contributed by atoms with Crippen molar-refractivity contribution in [2.24, 2.45) is 0 Å². The molecule has 0 bridgehead atoms. The Morgan fingerprint density at radius 3 is 2.27 bits per heavy atom. The van der Waals surface area contributed by atoms with Gasteiger partial charge in [-0.3, -0.25) is 14.5 Å². The molecule has 1 aromatic heterocycles. The number of hydrogen-bond acceptors (Lipinski definition) is 12. The normalized spacial score (nSPS) is 17.4. The number of carbonyl (C=O) groups is 3. The number of rotatable bonds is 7. The third-order valence-electron chi connectivity index (χ3n) is 6.63. The van der Waals surface area contributed by atoms with Crippen LogP contribution in [0.25, 0.3) is 5.76 Å². The van der Waals surface area contributed by atoms with Gasteiger partial charge in [-0.1, -0.05) is 11.3 Å². The molecule has 1 saturated heterocycles. The number of amides is 1. The first kappa shape index (κ1) is 27.8. The zero-order valence-electron chi connectivity index (χ0n) is 22.8. The molecule has 12 nitrogen and oxygen atoms in total. The average molecular weight is 583 g/mol. The van der Waals surface area contributed by atoms with Crippen molar-refractivity contribution >= 4 is 39.9 Å². The molecule has 2 aliphatic heterocycles. The number of nitrogens with zero attached hydrogens (tertiary/aromatic N) is 2. The van der Waals surface area contributed by atoms with Crippen LogP contribution in [0.1, 0.15) is 32.5 Å². The third kappa shape index (κ3) is 4.67. The van der Waals surface area contributed by atoms with E-state index in [1.54, 1.807) is 31.2 Å². The van der Waals surface area contributed by atoms with Gasteiger partial charge in [0.2, 0.25) is 5.75 Å². The molecule has 1 N–H and O–H groups in total. The molecular formula is C28H26N2O10S. The zero-order chi connectivity index (χ0) is 29.4. The van der Waals surface area contributed by atoms with Gasteiger partial charge in [0.25, 0.3) is 5.78 Å². The molecule has 214 valence electrons. The SMILES string of the molecule is COC(=O)c1sc(N2C(=O)C(=O)/C(=C(/O)c3ccc4c(c3)OCCO4)C2c2cc(OC)c(OC)c(OC)c2)nc1C. The Hall–Kier alpha value is -4.78. The summed E-state index contributed by atoms with van der Waals surface area (Å²) in [7, 11) is 5.54. The van der Waals surface area contributed by atoms with Gasteiger partial charge in [0.15, 0.2) is 28.1 Å². The number of ketones is 1. The lowest BCUT2D eigenvalue weighted by molar-refractivity contribution is -0.132. The number of methoxy groups -OCH3 is 4. The summed E-state index contributed by atoms with van der Waals surface area (Å²) in [5, 5.41) is 11.6. The Balaban J connectivity index is 1.75. The fourth-order valence-electron chi connectivity index (χ4n) is 4.72. The molecule has 41 heavy (non-hydrogen) atoms. The number of ether oxygens (including phenoxy) is 6. The number of thiazole rings is 1. The molecule has 5 rings (SSSR count). The summed E-state index contributed by atoms with van der Waals surface area (Å²) in [4.78, 5) is 45.3. The number of anilines is 1. The lowest BCUT2D eigenvalue weighted by atomic mass is 9.94. The van der Waals surface area contributed by atoms with E-state index < -0.39 is 29.5 Å². The maximum Gasteiger partial charge on any atom is 0.350 e. The molecule has 2 aliphatic rings. The van der Waals surface area contributed by atoms with Crippen LogP contribution in [0.2, 0.25) is 0 Å². The maximum atomic E-state index is 13.6. The van der Waals surface area contributed by atoms with Crippen molar-refractivity contribution in [1.82, 2.24) is 4.98 Å². The molecule has 13 heteroatoms. The first-order chi connectivity index (χ1) is 19.7. The Bertz CT molecular complexity index is 1570. The van der Waals surface area contributed by atoms with Crippen LogP contribution in [-0.2, 0) is 14.3 Å². The smallest absolute Gasteiger partial charge is 0.350 e. The fraction of sp³-hybridized carbons (Fsp3) is 0.286. The van der Waals surface area contributed by atoms with Gasteiger partial charge in [0.1, 0.15) is 23.9 Å². The van der Waals surface area contributed by atoms with Crippen LogP contribution in [0.4, 0.5) is 5.13 Å². The van der Waals surface area contributed by atoms with Gasteiger partial charge in [-0.2, -0.15) is 0 Å². The van der Waals surface area contributed by atoms with E-state index in [9.17, 15) is 19.5 Å². The summed E-state index contributed by atoms with van der Waals surface area (Å²) in [6.07, 6.45) is 0. The predicted molar refractivity (Wildman–Crippen MR) is 147 cm³/mol. The van der Waals surface area contributed by atoms with Gasteiger partial charge in [-0.05, 0) is 42.8 Å². The molecule has 0 aliphatic carbocycles. The minimum absolute atomic E-state index is 0.0602. The third-order valence-corrected chi connectivity index (χ3v) is 7.76. The van der Waals surface area contributed by atoms with Gasteiger partial charge < -0.3 is 33.5 Å². The van der Waals surface area contributed by atoms with E-state index in [4.69, 9.17) is 28.4 Å². The highest BCUT2D eigenvalue weighted by Gasteiger charge is 2.49. The van der Waals surface area contributed by atoms with Crippen molar-refractivity contribution in [1.29, 1.82) is 0 Å². The fourth-order valence-corrected chi connectivity index (χ4v) is 5.73. The summed E-state index contributed by atoms with van der Waals surface area (Å²) in [6.45, 7) is 2.29. The summed E-state index contributed by atoms with van der Waals surface area (Å²) < 4.78 is 32.5. The molecule has 3 aromatic rings. The lowest BCUT2D eigenvalue weighted by Gasteiger charge is -2.25. The summed E-state index contributed by atoms with van der Waals surface area (Å²) in [5.74, 6) is -1.29.